The fourth-order valence-electron chi connectivity index (χ4n) is 7.02. The summed E-state index contributed by atoms with van der Waals surface area (Å²) in [6.45, 7) is 22.0. The summed E-state index contributed by atoms with van der Waals surface area (Å²) in [5.74, 6) is -3.05. The molecule has 0 aromatic heterocycles. The third-order valence-electron chi connectivity index (χ3n) is 12.9. The van der Waals surface area contributed by atoms with Crippen LogP contribution in [0.3, 0.4) is 0 Å². The number of hydrogen-bond acceptors (Lipinski definition) is 15. The van der Waals surface area contributed by atoms with Crippen LogP contribution in [0.15, 0.2) is 97.1 Å². The molecule has 0 aliphatic heterocycles. The minimum atomic E-state index is -0.954. The molecule has 20 heteroatoms. The first kappa shape index (κ1) is 79.1. The number of carbonyl (C=O) groups excluding carboxylic acids is 6. The van der Waals surface area contributed by atoms with Gasteiger partial charge in [0.2, 0.25) is 5.91 Å². The van der Waals surface area contributed by atoms with E-state index >= 15 is 0 Å². The Bertz CT molecular complexity index is 2410. The smallest absolute Gasteiger partial charge is 1.00 e. The molecule has 0 bridgehead atoms. The van der Waals surface area contributed by atoms with E-state index in [-0.39, 0.29) is 164 Å². The molecule has 0 fully saturated rings. The number of rotatable bonds is 21. The molecule has 1 amide bonds. The van der Waals surface area contributed by atoms with Gasteiger partial charge in [0, 0.05) is 61.2 Å². The largest absolute Gasteiger partial charge is 1.00 e. The molecular formula is C60H85N3Na2O15. The maximum Gasteiger partial charge on any atom is 1.00 e. The Morgan fingerprint density at radius 3 is 1.30 bits per heavy atom. The average Bonchev–Trinajstić information content (AvgIpc) is 3.73. The monoisotopic (exact) mass is 1130 g/mol. The molecule has 0 saturated heterocycles. The number of benzene rings is 4. The van der Waals surface area contributed by atoms with Gasteiger partial charge < -0.3 is 53.5 Å². The van der Waals surface area contributed by atoms with Crippen molar-refractivity contribution in [2.75, 3.05) is 17.7 Å². The molecule has 0 saturated carbocycles. The van der Waals surface area contributed by atoms with Gasteiger partial charge in [-0.1, -0.05) is 149 Å². The summed E-state index contributed by atoms with van der Waals surface area (Å²) < 4.78 is 5.20. The summed E-state index contributed by atoms with van der Waals surface area (Å²) >= 11 is 0. The molecule has 0 radical (unpaired) electrons. The quantitative estimate of drug-likeness (QED) is 0.0157. The Morgan fingerprint density at radius 2 is 0.963 bits per heavy atom. The first-order valence-electron chi connectivity index (χ1n) is 25.9. The minimum absolute atomic E-state index is 0. The van der Waals surface area contributed by atoms with Crippen molar-refractivity contribution in [1.82, 2.24) is 0 Å². The van der Waals surface area contributed by atoms with E-state index in [1.54, 1.807) is 62.4 Å². The van der Waals surface area contributed by atoms with Gasteiger partial charge in [0.05, 0.1) is 31.1 Å². The number of amides is 1. The van der Waals surface area contributed by atoms with E-state index in [0.29, 0.717) is 18.2 Å². The second kappa shape index (κ2) is 42.7. The number of nitrogens with two attached hydrogens (primary N) is 2. The second-order valence-electron chi connectivity index (χ2n) is 20.2. The van der Waals surface area contributed by atoms with Crippen molar-refractivity contribution in [3.8, 4) is 11.1 Å². The summed E-state index contributed by atoms with van der Waals surface area (Å²) in [6.07, 6.45) is 0.434. The number of ketones is 3. The molecule has 1 aliphatic rings. The van der Waals surface area contributed by atoms with E-state index in [9.17, 15) is 33.6 Å². The zero-order valence-electron chi connectivity index (χ0n) is 50.3. The van der Waals surface area contributed by atoms with Gasteiger partial charge in [0.15, 0.2) is 5.78 Å². The number of Topliss-reactive ketones (excluding diaryl/α,β-unsaturated/α-hetero) is 3. The van der Waals surface area contributed by atoms with Gasteiger partial charge >= 0.3 is 77.0 Å². The number of nitrogens with one attached hydrogen (secondary N) is 1. The number of nitrogen functional groups attached to an aromatic ring is 1. The molecule has 80 heavy (non-hydrogen) atoms. The molecule has 432 valence electrons. The molecule has 0 unspecified atom stereocenters. The maximum absolute atomic E-state index is 12.1. The topological polar surface area (TPSA) is 323 Å². The van der Waals surface area contributed by atoms with Crippen LogP contribution in [-0.4, -0.2) is 80.7 Å². The van der Waals surface area contributed by atoms with Crippen LogP contribution in [-0.2, 0) is 61.2 Å². The number of carbonyl (C=O) groups is 8. The van der Waals surface area contributed by atoms with E-state index < -0.39 is 29.8 Å². The number of hydrogen-bond donors (Lipinski definition) is 7. The van der Waals surface area contributed by atoms with Gasteiger partial charge in [-0.3, -0.25) is 38.4 Å². The van der Waals surface area contributed by atoms with Crippen LogP contribution in [0.5, 0.6) is 0 Å². The second-order valence-corrected chi connectivity index (χ2v) is 20.2. The van der Waals surface area contributed by atoms with E-state index in [0.717, 1.165) is 16.8 Å². The molecule has 0 spiro atoms. The number of anilines is 2. The zero-order valence-corrected chi connectivity index (χ0v) is 53.3. The van der Waals surface area contributed by atoms with Gasteiger partial charge in [-0.15, -0.1) is 0 Å². The number of aliphatic hydroxyl groups excluding tert-OH is 2. The number of carboxylic acid groups (broad SMARTS) is 2. The average molecular weight is 1130 g/mol. The molecule has 18 nitrogen and oxygen atoms in total. The van der Waals surface area contributed by atoms with Crippen LogP contribution in [0.2, 0.25) is 0 Å². The van der Waals surface area contributed by atoms with Gasteiger partial charge in [0.25, 0.3) is 6.47 Å². The molecule has 6 atom stereocenters. The van der Waals surface area contributed by atoms with Crippen molar-refractivity contribution >= 4 is 59.0 Å². The van der Waals surface area contributed by atoms with Gasteiger partial charge in [-0.2, -0.15) is 0 Å². The molecule has 4 aromatic carbocycles. The number of ether oxygens (including phenoxy) is 1. The van der Waals surface area contributed by atoms with Crippen LogP contribution < -0.4 is 81.2 Å². The molecule has 5 rings (SSSR count). The summed E-state index contributed by atoms with van der Waals surface area (Å²) in [7, 11) is 0. The van der Waals surface area contributed by atoms with Crippen LogP contribution in [0.4, 0.5) is 11.4 Å². The number of aliphatic carboxylic acids is 2. The SMILES string of the molecule is CC(=O)OCC1c2ccccc2-c2ccccc21.CC(C)[C@H](C)C(=O)C[C@@H](C)C(=O)Nc1ccc(CO)cc1.CC(C)[C@H](C)C(=O)C[C@@H](C)C(=O)O.CC(C)[C@H](N)C(=O)C[C@@H](C)C(=O)O.Nc1ccc(CO)cc1.O=CO[O-].[H-].[Na+].[Na+]. The Hall–Kier alpha value is -5.12. The van der Waals surface area contributed by atoms with E-state index in [2.05, 4.69) is 34.5 Å². The summed E-state index contributed by atoms with van der Waals surface area (Å²) in [5, 5.41) is 45.9. The summed E-state index contributed by atoms with van der Waals surface area (Å²) in [5.41, 5.74) is 19.1. The van der Waals surface area contributed by atoms with Crippen molar-refractivity contribution in [3.05, 3.63) is 119 Å². The molecule has 4 aromatic rings. The first-order valence-corrected chi connectivity index (χ1v) is 25.9. The number of carboxylic acids is 2. The maximum atomic E-state index is 12.1. The van der Waals surface area contributed by atoms with Gasteiger partial charge in [-0.05, 0) is 75.4 Å². The Kier molecular flexibility index (Phi) is 42.2. The number of aliphatic hydroxyl groups is 2. The molecule has 1 aliphatic carbocycles. The van der Waals surface area contributed by atoms with Crippen molar-refractivity contribution < 1.29 is 134 Å². The normalized spacial score (nSPS) is 12.9. The minimum Gasteiger partial charge on any atom is -1.00 e. The first-order chi connectivity index (χ1) is 36.6. The molecular weight excluding hydrogens is 1050 g/mol. The zero-order chi connectivity index (χ0) is 59.8. The Balaban J connectivity index is -0.000000456. The van der Waals surface area contributed by atoms with Crippen LogP contribution in [0.25, 0.3) is 11.1 Å². The number of fused-ring (bicyclic) bond motifs is 3. The standard InChI is InChI=1S/C17H25NO3.C16H14O2.C10H18O3.C9H17NO3.C7H9NO.CH2O3.2Na.H/c1-11(2)13(4)16(20)9-12(3)17(21)18-15-7-5-14(10-19)6-8-15;1-11(17)18-10-16-14-8-4-2-6-12(14)13-7-3-5-9-15(13)16;1-6(2)8(4)9(11)5-7(3)10(12)13;1-5(2)8(10)7(11)4-6(3)9(12)13;8-7-3-1-6(5-9)2-4-7;2-1-4-3;;;/h5-8,11-13,19H,9-10H2,1-4H3,(H,18,21);2-9,16H,10H2,1H3;6-8H,5H2,1-4H3,(H,12,13);5-6,8H,4,10H2,1-3H3,(H,12,13);1-4,9H,5,8H2;1,3H;;;/q;;;;;;2*+1;-1/p-1/t12-,13+;;7-,8+;6-,8+;;;;;/m1.11...../s1. The fourth-order valence-corrected chi connectivity index (χ4v) is 7.02. The van der Waals surface area contributed by atoms with Gasteiger partial charge in [0.1, 0.15) is 18.2 Å². The predicted molar refractivity (Wildman–Crippen MR) is 299 cm³/mol. The van der Waals surface area contributed by atoms with Crippen LogP contribution >= 0.6 is 0 Å². The van der Waals surface area contributed by atoms with Crippen molar-refractivity contribution in [1.29, 1.82) is 0 Å². The van der Waals surface area contributed by atoms with Crippen LogP contribution in [0, 0.1) is 47.3 Å². The van der Waals surface area contributed by atoms with Crippen molar-refractivity contribution in [3.63, 3.8) is 0 Å². The third-order valence-corrected chi connectivity index (χ3v) is 12.9. The van der Waals surface area contributed by atoms with Gasteiger partial charge in [-0.25, -0.2) is 0 Å². The van der Waals surface area contributed by atoms with Crippen molar-refractivity contribution in [2.45, 2.75) is 128 Å². The predicted octanol–water partition coefficient (Wildman–Crippen LogP) is 2.29. The fraction of sp³-hybridized carbons (Fsp3) is 0.467. The Morgan fingerprint density at radius 1 is 0.600 bits per heavy atom. The molecule has 9 N–H and O–H groups in total. The third kappa shape index (κ3) is 30.6. The summed E-state index contributed by atoms with van der Waals surface area (Å²) in [4.78, 5) is 90.0. The van der Waals surface area contributed by atoms with E-state index in [1.165, 1.54) is 36.1 Å². The van der Waals surface area contributed by atoms with Crippen molar-refractivity contribution in [2.24, 2.45) is 53.1 Å². The van der Waals surface area contributed by atoms with E-state index in [1.807, 2.05) is 79.7 Å². The Labute approximate surface area is 518 Å². The number of esters is 1. The van der Waals surface area contributed by atoms with E-state index in [4.69, 9.17) is 46.7 Å². The summed E-state index contributed by atoms with van der Waals surface area (Å²) in [6, 6.07) is 30.2. The molecule has 0 heterocycles. The van der Waals surface area contributed by atoms with Crippen LogP contribution in [0.1, 0.15) is 132 Å².